The number of nitrogens with one attached hydrogen (secondary N) is 1. The van der Waals surface area contributed by atoms with Gasteiger partial charge in [-0.25, -0.2) is 9.78 Å². The summed E-state index contributed by atoms with van der Waals surface area (Å²) in [7, 11) is 0. The lowest BCUT2D eigenvalue weighted by atomic mass is 10.1. The van der Waals surface area contributed by atoms with Gasteiger partial charge >= 0.3 is 5.97 Å². The monoisotopic (exact) mass is 251 g/mol. The molecule has 6 nitrogen and oxygen atoms in total. The number of hydrogen-bond acceptors (Lipinski definition) is 3. The van der Waals surface area contributed by atoms with Gasteiger partial charge in [0.25, 0.3) is 0 Å². The number of carboxylic acid groups (broad SMARTS) is 1. The third-order valence-electron chi connectivity index (χ3n) is 2.66. The second-order valence-corrected chi connectivity index (χ2v) is 3.97. The molecule has 0 fully saturated rings. The van der Waals surface area contributed by atoms with Crippen LogP contribution in [0.1, 0.15) is 20.3 Å². The van der Waals surface area contributed by atoms with E-state index in [0.29, 0.717) is 6.54 Å². The van der Waals surface area contributed by atoms with Crippen LogP contribution in [0.25, 0.3) is 0 Å². The second kappa shape index (κ2) is 6.58. The van der Waals surface area contributed by atoms with Crippen molar-refractivity contribution in [2.75, 3.05) is 6.54 Å². The Morgan fingerprint density at radius 1 is 1.33 bits per heavy atom. The first kappa shape index (κ1) is 14.0. The maximum Gasteiger partial charge on any atom is 0.331 e. The van der Waals surface area contributed by atoms with Crippen molar-refractivity contribution in [3.63, 3.8) is 0 Å². The van der Waals surface area contributed by atoms with E-state index in [1.54, 1.807) is 12.5 Å². The van der Waals surface area contributed by atoms with Crippen LogP contribution in [-0.4, -0.2) is 33.1 Å². The van der Waals surface area contributed by atoms with Crippen molar-refractivity contribution >= 4 is 11.9 Å². The zero-order chi connectivity index (χ0) is 13.5. The molecule has 0 saturated carbocycles. The first-order chi connectivity index (χ1) is 8.52. The van der Waals surface area contributed by atoms with Crippen molar-refractivity contribution in [2.24, 2.45) is 0 Å². The van der Waals surface area contributed by atoms with Crippen LogP contribution in [0.4, 0.5) is 0 Å². The van der Waals surface area contributed by atoms with Gasteiger partial charge < -0.3 is 15.0 Å². The van der Waals surface area contributed by atoms with Crippen LogP contribution >= 0.6 is 0 Å². The fraction of sp³-hybridized carbons (Fsp3) is 0.417. The lowest BCUT2D eigenvalue weighted by Crippen LogP contribution is -2.27. The summed E-state index contributed by atoms with van der Waals surface area (Å²) in [5, 5.41) is 11.4. The highest BCUT2D eigenvalue weighted by Gasteiger charge is 2.11. The van der Waals surface area contributed by atoms with E-state index in [0.717, 1.165) is 13.0 Å². The lowest BCUT2D eigenvalue weighted by molar-refractivity contribution is -0.133. The highest BCUT2D eigenvalue weighted by Crippen LogP contribution is 2.03. The van der Waals surface area contributed by atoms with E-state index >= 15 is 0 Å². The van der Waals surface area contributed by atoms with Crippen LogP contribution in [0.2, 0.25) is 0 Å². The summed E-state index contributed by atoms with van der Waals surface area (Å²) in [6.45, 7) is 4.19. The van der Waals surface area contributed by atoms with Crippen LogP contribution in [-0.2, 0) is 16.1 Å². The van der Waals surface area contributed by atoms with Gasteiger partial charge in [-0.05, 0) is 20.3 Å². The summed E-state index contributed by atoms with van der Waals surface area (Å²) >= 11 is 0. The molecule has 1 amide bonds. The smallest absolute Gasteiger partial charge is 0.331 e. The largest absolute Gasteiger partial charge is 0.478 e. The van der Waals surface area contributed by atoms with Gasteiger partial charge in [0.15, 0.2) is 0 Å². The molecule has 1 aromatic rings. The molecule has 0 radical (unpaired) electrons. The highest BCUT2D eigenvalue weighted by molar-refractivity contribution is 6.01. The predicted molar refractivity (Wildman–Crippen MR) is 65.9 cm³/mol. The summed E-state index contributed by atoms with van der Waals surface area (Å²) in [6.07, 6.45) is 6.02. The predicted octanol–water partition coefficient (Wildman–Crippen LogP) is 0.810. The molecule has 0 aliphatic carbocycles. The van der Waals surface area contributed by atoms with E-state index in [1.807, 2.05) is 10.8 Å². The number of aryl methyl sites for hydroxylation is 1. The van der Waals surface area contributed by atoms with E-state index in [4.69, 9.17) is 5.11 Å². The van der Waals surface area contributed by atoms with Gasteiger partial charge in [0.1, 0.15) is 0 Å². The quantitative estimate of drug-likeness (QED) is 0.579. The normalized spacial score (nSPS) is 11.9. The number of aliphatic carboxylic acids is 1. The van der Waals surface area contributed by atoms with Crippen molar-refractivity contribution in [1.29, 1.82) is 0 Å². The van der Waals surface area contributed by atoms with Crippen molar-refractivity contribution in [3.8, 4) is 0 Å². The van der Waals surface area contributed by atoms with E-state index in [-0.39, 0.29) is 17.1 Å². The Balaban J connectivity index is 2.33. The minimum absolute atomic E-state index is 0.0714. The first-order valence-corrected chi connectivity index (χ1v) is 5.67. The Labute approximate surface area is 105 Å². The molecule has 0 aromatic carbocycles. The average Bonchev–Trinajstić information content (AvgIpc) is 2.85. The topological polar surface area (TPSA) is 84.2 Å². The SMILES string of the molecule is C/C(C(=O)O)=C(\C)C(=O)NCCCn1ccnc1. The summed E-state index contributed by atoms with van der Waals surface area (Å²) in [6, 6.07) is 0. The fourth-order valence-corrected chi connectivity index (χ4v) is 1.35. The molecule has 1 heterocycles. The standard InChI is InChI=1S/C12H17N3O3/c1-9(10(2)12(17)18)11(16)14-4-3-6-15-7-5-13-8-15/h5,7-8H,3-4,6H2,1-2H3,(H,14,16)(H,17,18)/b10-9-. The molecule has 0 unspecified atom stereocenters. The minimum Gasteiger partial charge on any atom is -0.478 e. The molecule has 0 aliphatic rings. The van der Waals surface area contributed by atoms with Crippen LogP contribution in [0.3, 0.4) is 0 Å². The summed E-state index contributed by atoms with van der Waals surface area (Å²) < 4.78 is 1.91. The van der Waals surface area contributed by atoms with Gasteiger partial charge in [-0.3, -0.25) is 4.79 Å². The Hall–Kier alpha value is -2.11. The molecule has 0 atom stereocenters. The summed E-state index contributed by atoms with van der Waals surface area (Å²) in [5.74, 6) is -1.40. The van der Waals surface area contributed by atoms with Crippen LogP contribution < -0.4 is 5.32 Å². The Morgan fingerprint density at radius 3 is 2.61 bits per heavy atom. The zero-order valence-corrected chi connectivity index (χ0v) is 10.5. The number of imidazole rings is 1. The van der Waals surface area contributed by atoms with Gasteiger partial charge in [-0.2, -0.15) is 0 Å². The molecule has 0 aliphatic heterocycles. The molecule has 18 heavy (non-hydrogen) atoms. The Morgan fingerprint density at radius 2 is 2.06 bits per heavy atom. The molecule has 1 aromatic heterocycles. The van der Waals surface area contributed by atoms with Gasteiger partial charge in [0.05, 0.1) is 6.33 Å². The number of hydrogen-bond donors (Lipinski definition) is 2. The van der Waals surface area contributed by atoms with E-state index in [9.17, 15) is 9.59 Å². The number of carbonyl (C=O) groups excluding carboxylic acids is 1. The Kier molecular flexibility index (Phi) is 5.10. The first-order valence-electron chi connectivity index (χ1n) is 5.67. The van der Waals surface area contributed by atoms with Gasteiger partial charge in [-0.15, -0.1) is 0 Å². The van der Waals surface area contributed by atoms with Crippen molar-refractivity contribution in [1.82, 2.24) is 14.9 Å². The third kappa shape index (κ3) is 4.04. The van der Waals surface area contributed by atoms with Crippen LogP contribution in [0, 0.1) is 0 Å². The highest BCUT2D eigenvalue weighted by atomic mass is 16.4. The minimum atomic E-state index is -1.07. The number of aromatic nitrogens is 2. The fourth-order valence-electron chi connectivity index (χ4n) is 1.35. The lowest BCUT2D eigenvalue weighted by Gasteiger charge is -2.07. The average molecular weight is 251 g/mol. The molecule has 0 spiro atoms. The number of carboxylic acids is 1. The Bertz CT molecular complexity index is 449. The van der Waals surface area contributed by atoms with Crippen LogP contribution in [0.5, 0.6) is 0 Å². The van der Waals surface area contributed by atoms with Crippen molar-refractivity contribution < 1.29 is 14.7 Å². The maximum atomic E-state index is 11.6. The molecular formula is C12H17N3O3. The molecule has 6 heteroatoms. The third-order valence-corrected chi connectivity index (χ3v) is 2.66. The molecule has 1 rings (SSSR count). The van der Waals surface area contributed by atoms with E-state index in [1.165, 1.54) is 13.8 Å². The molecule has 0 saturated heterocycles. The molecule has 0 bridgehead atoms. The van der Waals surface area contributed by atoms with Gasteiger partial charge in [0.2, 0.25) is 5.91 Å². The van der Waals surface area contributed by atoms with Gasteiger partial charge in [-0.1, -0.05) is 0 Å². The van der Waals surface area contributed by atoms with Crippen LogP contribution in [0.15, 0.2) is 29.9 Å². The molecule has 98 valence electrons. The number of nitrogens with zero attached hydrogens (tertiary/aromatic N) is 2. The summed E-state index contributed by atoms with van der Waals surface area (Å²) in [4.78, 5) is 26.2. The number of carbonyl (C=O) groups is 2. The molecule has 2 N–H and O–H groups in total. The second-order valence-electron chi connectivity index (χ2n) is 3.97. The van der Waals surface area contributed by atoms with E-state index < -0.39 is 5.97 Å². The number of amides is 1. The van der Waals surface area contributed by atoms with Crippen molar-refractivity contribution in [3.05, 3.63) is 29.9 Å². The number of rotatable bonds is 6. The van der Waals surface area contributed by atoms with E-state index in [2.05, 4.69) is 10.3 Å². The van der Waals surface area contributed by atoms with Gasteiger partial charge in [0, 0.05) is 36.6 Å². The van der Waals surface area contributed by atoms with Crippen molar-refractivity contribution in [2.45, 2.75) is 26.8 Å². The molecular weight excluding hydrogens is 234 g/mol. The maximum absolute atomic E-state index is 11.6. The summed E-state index contributed by atoms with van der Waals surface area (Å²) in [5.41, 5.74) is 0.312. The zero-order valence-electron chi connectivity index (χ0n) is 10.5.